The summed E-state index contributed by atoms with van der Waals surface area (Å²) in [6.45, 7) is 10.7. The predicted molar refractivity (Wildman–Crippen MR) is 122 cm³/mol. The average Bonchev–Trinajstić information content (AvgIpc) is 2.98. The number of ether oxygens (including phenoxy) is 1. The fourth-order valence-corrected chi connectivity index (χ4v) is 4.04. The minimum atomic E-state index is -0.647. The normalized spacial score (nSPS) is 18.5. The lowest BCUT2D eigenvalue weighted by Gasteiger charge is -2.26. The lowest BCUT2D eigenvalue weighted by atomic mass is 9.85. The van der Waals surface area contributed by atoms with Crippen LogP contribution in [0.2, 0.25) is 0 Å². The van der Waals surface area contributed by atoms with Gasteiger partial charge in [0.05, 0.1) is 18.7 Å². The molecule has 2 aromatic carbocycles. The summed E-state index contributed by atoms with van der Waals surface area (Å²) in [4.78, 5) is 27.4. The van der Waals surface area contributed by atoms with E-state index in [0.717, 1.165) is 16.7 Å². The van der Waals surface area contributed by atoms with Crippen molar-refractivity contribution in [1.29, 1.82) is 0 Å². The Morgan fingerprint density at radius 1 is 1.10 bits per heavy atom. The topological polar surface area (TPSA) is 66.8 Å². The Kier molecular flexibility index (Phi) is 6.25. The number of methoxy groups -OCH3 is 1. The molecular weight excluding hydrogens is 390 g/mol. The van der Waals surface area contributed by atoms with E-state index in [9.17, 15) is 14.7 Å². The number of carbonyl (C=O) groups excluding carboxylic acids is 2. The molecule has 0 spiro atoms. The molecule has 1 heterocycles. The first-order valence-corrected chi connectivity index (χ1v) is 10.6. The van der Waals surface area contributed by atoms with Gasteiger partial charge in [0.2, 0.25) is 0 Å². The monoisotopic (exact) mass is 421 g/mol. The molecule has 1 saturated heterocycles. The molecular formula is C26H31NO4. The first kappa shape index (κ1) is 22.6. The van der Waals surface area contributed by atoms with Crippen molar-refractivity contribution in [2.24, 2.45) is 0 Å². The van der Waals surface area contributed by atoms with Crippen LogP contribution in [0.3, 0.4) is 0 Å². The Morgan fingerprint density at radius 2 is 1.74 bits per heavy atom. The molecule has 3 rings (SSSR count). The van der Waals surface area contributed by atoms with Gasteiger partial charge in [0, 0.05) is 12.1 Å². The van der Waals surface area contributed by atoms with Crippen LogP contribution in [0.4, 0.5) is 0 Å². The predicted octanol–water partition coefficient (Wildman–Crippen LogP) is 5.13. The summed E-state index contributed by atoms with van der Waals surface area (Å²) < 4.78 is 5.24. The summed E-state index contributed by atoms with van der Waals surface area (Å²) in [5, 5.41) is 11.2. The number of rotatable bonds is 5. The fraction of sp³-hybridized carbons (Fsp3) is 0.385. The molecule has 0 bridgehead atoms. The second-order valence-electron chi connectivity index (χ2n) is 9.05. The molecule has 1 N–H and O–H groups in total. The third-order valence-corrected chi connectivity index (χ3v) is 5.79. The molecule has 31 heavy (non-hydrogen) atoms. The minimum Gasteiger partial charge on any atom is -0.507 e. The van der Waals surface area contributed by atoms with E-state index in [1.807, 2.05) is 38.1 Å². The van der Waals surface area contributed by atoms with Crippen LogP contribution < -0.4 is 4.74 Å². The summed E-state index contributed by atoms with van der Waals surface area (Å²) in [5.41, 5.74) is 3.38. The van der Waals surface area contributed by atoms with E-state index in [0.29, 0.717) is 24.3 Å². The van der Waals surface area contributed by atoms with Crippen molar-refractivity contribution in [3.05, 3.63) is 70.3 Å². The maximum Gasteiger partial charge on any atom is 0.295 e. The largest absolute Gasteiger partial charge is 0.507 e. The lowest BCUT2D eigenvalue weighted by molar-refractivity contribution is -0.139. The van der Waals surface area contributed by atoms with Crippen molar-refractivity contribution in [2.45, 2.75) is 52.5 Å². The number of ketones is 1. The highest BCUT2D eigenvalue weighted by Crippen LogP contribution is 2.40. The first-order chi connectivity index (χ1) is 14.6. The van der Waals surface area contributed by atoms with Gasteiger partial charge in [0.15, 0.2) is 0 Å². The van der Waals surface area contributed by atoms with Crippen molar-refractivity contribution in [3.8, 4) is 5.75 Å². The number of aliphatic hydroxyl groups excluding tert-OH is 1. The molecule has 5 heteroatoms. The summed E-state index contributed by atoms with van der Waals surface area (Å²) in [5.74, 6) is -0.706. The van der Waals surface area contributed by atoms with E-state index in [4.69, 9.17) is 4.74 Å². The molecule has 0 saturated carbocycles. The molecule has 1 fully saturated rings. The number of Topliss-reactive ketones (excluding diaryl/α,β-unsaturated/α-hetero) is 1. The maximum absolute atomic E-state index is 13.0. The summed E-state index contributed by atoms with van der Waals surface area (Å²) >= 11 is 0. The number of likely N-dealkylation sites (tertiary alicyclic amines) is 1. The van der Waals surface area contributed by atoms with Gasteiger partial charge in [-0.25, -0.2) is 0 Å². The Morgan fingerprint density at radius 3 is 2.26 bits per heavy atom. The van der Waals surface area contributed by atoms with Gasteiger partial charge in [-0.3, -0.25) is 9.59 Å². The Balaban J connectivity index is 2.17. The number of hydrogen-bond donors (Lipinski definition) is 1. The standard InChI is InChI=1S/C26H31NO4/c1-7-14-27-22(17-8-10-18(11-9-17)26(3,4)5)21(24(29)25(27)30)23(28)20-13-12-19(31-6)15-16(20)2/h8-13,15,22,28H,7,14H2,1-6H3/b23-21-. The van der Waals surface area contributed by atoms with Crippen LogP contribution in [-0.4, -0.2) is 35.4 Å². The van der Waals surface area contributed by atoms with Crippen molar-refractivity contribution < 1.29 is 19.4 Å². The quantitative estimate of drug-likeness (QED) is 0.413. The number of carbonyl (C=O) groups is 2. The third-order valence-electron chi connectivity index (χ3n) is 5.79. The molecule has 5 nitrogen and oxygen atoms in total. The number of nitrogens with zero attached hydrogens (tertiary/aromatic N) is 1. The Bertz CT molecular complexity index is 1030. The zero-order chi connectivity index (χ0) is 22.9. The summed E-state index contributed by atoms with van der Waals surface area (Å²) in [7, 11) is 1.58. The number of hydrogen-bond acceptors (Lipinski definition) is 4. The minimum absolute atomic E-state index is 0.00995. The number of amides is 1. The molecule has 1 amide bonds. The SMILES string of the molecule is CCCN1C(=O)C(=O)/C(=C(\O)c2ccc(OC)cc2C)C1c1ccc(C(C)(C)C)cc1. The van der Waals surface area contributed by atoms with Crippen LogP contribution in [0.1, 0.15) is 62.4 Å². The van der Waals surface area contributed by atoms with E-state index in [-0.39, 0.29) is 16.7 Å². The molecule has 0 aromatic heterocycles. The zero-order valence-electron chi connectivity index (χ0n) is 19.2. The highest BCUT2D eigenvalue weighted by atomic mass is 16.5. The summed E-state index contributed by atoms with van der Waals surface area (Å²) in [6, 6.07) is 12.6. The molecule has 0 radical (unpaired) electrons. The third kappa shape index (κ3) is 4.22. The highest BCUT2D eigenvalue weighted by Gasteiger charge is 2.45. The van der Waals surface area contributed by atoms with Gasteiger partial charge >= 0.3 is 0 Å². The number of aliphatic hydroxyl groups is 1. The van der Waals surface area contributed by atoms with Gasteiger partial charge < -0.3 is 14.7 Å². The van der Waals surface area contributed by atoms with Gasteiger partial charge in [0.1, 0.15) is 11.5 Å². The molecule has 1 aliphatic rings. The van der Waals surface area contributed by atoms with Crippen LogP contribution in [0.15, 0.2) is 48.0 Å². The van der Waals surface area contributed by atoms with Crippen LogP contribution >= 0.6 is 0 Å². The van der Waals surface area contributed by atoms with Gasteiger partial charge in [-0.15, -0.1) is 0 Å². The molecule has 1 aliphatic heterocycles. The van der Waals surface area contributed by atoms with Crippen molar-refractivity contribution in [3.63, 3.8) is 0 Å². The zero-order valence-corrected chi connectivity index (χ0v) is 19.2. The van der Waals surface area contributed by atoms with Crippen LogP contribution in [0.25, 0.3) is 5.76 Å². The molecule has 1 atom stereocenters. The summed E-state index contributed by atoms with van der Waals surface area (Å²) in [6.07, 6.45) is 0.713. The fourth-order valence-electron chi connectivity index (χ4n) is 4.04. The number of benzene rings is 2. The Labute approximate surface area is 184 Å². The van der Waals surface area contributed by atoms with Crippen molar-refractivity contribution >= 4 is 17.4 Å². The second-order valence-corrected chi connectivity index (χ2v) is 9.05. The van der Waals surface area contributed by atoms with E-state index < -0.39 is 17.7 Å². The van der Waals surface area contributed by atoms with Crippen LogP contribution in [0, 0.1) is 6.92 Å². The molecule has 0 aliphatic carbocycles. The molecule has 164 valence electrons. The lowest BCUT2D eigenvalue weighted by Crippen LogP contribution is -2.30. The first-order valence-electron chi connectivity index (χ1n) is 10.6. The molecule has 2 aromatic rings. The van der Waals surface area contributed by atoms with E-state index >= 15 is 0 Å². The smallest absolute Gasteiger partial charge is 0.295 e. The van der Waals surface area contributed by atoms with Crippen LogP contribution in [0.5, 0.6) is 5.75 Å². The Hall–Kier alpha value is -3.08. The van der Waals surface area contributed by atoms with Gasteiger partial charge in [0.25, 0.3) is 11.7 Å². The van der Waals surface area contributed by atoms with E-state index in [1.54, 1.807) is 30.2 Å². The highest BCUT2D eigenvalue weighted by molar-refractivity contribution is 6.46. The van der Waals surface area contributed by atoms with Gasteiger partial charge in [-0.2, -0.15) is 0 Å². The van der Waals surface area contributed by atoms with Crippen LogP contribution in [-0.2, 0) is 15.0 Å². The van der Waals surface area contributed by atoms with E-state index in [1.165, 1.54) is 0 Å². The van der Waals surface area contributed by atoms with Gasteiger partial charge in [-0.1, -0.05) is 52.0 Å². The van der Waals surface area contributed by atoms with Crippen molar-refractivity contribution in [2.75, 3.05) is 13.7 Å². The maximum atomic E-state index is 13.0. The molecule has 1 unspecified atom stereocenters. The van der Waals surface area contributed by atoms with E-state index in [2.05, 4.69) is 20.8 Å². The van der Waals surface area contributed by atoms with Crippen molar-refractivity contribution in [1.82, 2.24) is 4.90 Å². The van der Waals surface area contributed by atoms with Gasteiger partial charge in [-0.05, 0) is 53.6 Å². The average molecular weight is 422 g/mol. The second kappa shape index (κ2) is 8.58. The number of aryl methyl sites for hydroxylation is 1.